The lowest BCUT2D eigenvalue weighted by Crippen LogP contribution is -2.00. The van der Waals surface area contributed by atoms with Gasteiger partial charge >= 0.3 is 0 Å². The number of non-ortho nitro benzene ring substituents is 1. The van der Waals surface area contributed by atoms with Gasteiger partial charge in [-0.1, -0.05) is 11.6 Å². The van der Waals surface area contributed by atoms with Crippen LogP contribution in [-0.2, 0) is 6.54 Å². The number of carbonyl (C=O) groups is 1. The zero-order valence-electron chi connectivity index (χ0n) is 13.6. The van der Waals surface area contributed by atoms with E-state index in [0.29, 0.717) is 33.7 Å². The number of nitrogens with zero attached hydrogens (tertiary/aromatic N) is 4. The van der Waals surface area contributed by atoms with Gasteiger partial charge in [0.05, 0.1) is 4.92 Å². The summed E-state index contributed by atoms with van der Waals surface area (Å²) in [5, 5.41) is 20.5. The molecule has 132 valence electrons. The SMILES string of the molecule is CCn1c(Sc2ccc([N+](=O)[O-])cc2C=O)nnc1-c1ccc(Cl)cc1. The molecule has 9 heteroatoms. The van der Waals surface area contributed by atoms with Crippen molar-refractivity contribution in [3.05, 3.63) is 63.2 Å². The second kappa shape index (κ2) is 7.67. The van der Waals surface area contributed by atoms with E-state index in [2.05, 4.69) is 10.2 Å². The summed E-state index contributed by atoms with van der Waals surface area (Å²) in [6.07, 6.45) is 0.599. The predicted molar refractivity (Wildman–Crippen MR) is 98.7 cm³/mol. The van der Waals surface area contributed by atoms with Gasteiger partial charge in [0.1, 0.15) is 0 Å². The normalized spacial score (nSPS) is 10.7. The Hall–Kier alpha value is -2.71. The molecule has 7 nitrogen and oxygen atoms in total. The van der Waals surface area contributed by atoms with Crippen molar-refractivity contribution in [1.29, 1.82) is 0 Å². The second-order valence-corrected chi connectivity index (χ2v) is 6.70. The van der Waals surface area contributed by atoms with Gasteiger partial charge in [-0.25, -0.2) is 0 Å². The third-order valence-electron chi connectivity index (χ3n) is 3.67. The monoisotopic (exact) mass is 388 g/mol. The maximum Gasteiger partial charge on any atom is 0.270 e. The van der Waals surface area contributed by atoms with Crippen LogP contribution in [0.4, 0.5) is 5.69 Å². The van der Waals surface area contributed by atoms with Crippen LogP contribution in [0.5, 0.6) is 0 Å². The van der Waals surface area contributed by atoms with Gasteiger partial charge in [0.2, 0.25) is 0 Å². The molecule has 0 fully saturated rings. The molecule has 0 bridgehead atoms. The number of hydrogen-bond donors (Lipinski definition) is 0. The molecular weight excluding hydrogens is 376 g/mol. The van der Waals surface area contributed by atoms with E-state index in [1.165, 1.54) is 23.9 Å². The van der Waals surface area contributed by atoms with Crippen molar-refractivity contribution in [3.63, 3.8) is 0 Å². The molecule has 0 saturated carbocycles. The Morgan fingerprint density at radius 2 is 1.96 bits per heavy atom. The molecule has 0 spiro atoms. The van der Waals surface area contributed by atoms with E-state index in [9.17, 15) is 14.9 Å². The van der Waals surface area contributed by atoms with Gasteiger partial charge in [-0.15, -0.1) is 10.2 Å². The van der Waals surface area contributed by atoms with Crippen molar-refractivity contribution >= 4 is 35.3 Å². The molecule has 0 N–H and O–H groups in total. The molecule has 1 heterocycles. The summed E-state index contributed by atoms with van der Waals surface area (Å²) in [6, 6.07) is 11.4. The summed E-state index contributed by atoms with van der Waals surface area (Å²) in [5.41, 5.74) is 0.980. The molecule has 1 aromatic heterocycles. The molecule has 0 aliphatic heterocycles. The van der Waals surface area contributed by atoms with Gasteiger partial charge in [-0.3, -0.25) is 14.9 Å². The number of aldehydes is 1. The Labute approximate surface area is 158 Å². The van der Waals surface area contributed by atoms with Crippen molar-refractivity contribution < 1.29 is 9.72 Å². The van der Waals surface area contributed by atoms with Crippen molar-refractivity contribution in [3.8, 4) is 11.4 Å². The van der Waals surface area contributed by atoms with Gasteiger partial charge < -0.3 is 4.57 Å². The van der Waals surface area contributed by atoms with Crippen LogP contribution in [0.2, 0.25) is 5.02 Å². The van der Waals surface area contributed by atoms with Crippen molar-refractivity contribution in [1.82, 2.24) is 14.8 Å². The van der Waals surface area contributed by atoms with Gasteiger partial charge in [-0.2, -0.15) is 0 Å². The average Bonchev–Trinajstić information content (AvgIpc) is 3.05. The maximum atomic E-state index is 11.3. The zero-order valence-corrected chi connectivity index (χ0v) is 15.2. The Kier molecular flexibility index (Phi) is 5.34. The highest BCUT2D eigenvalue weighted by Gasteiger charge is 2.17. The molecule has 0 aliphatic carbocycles. The summed E-state index contributed by atoms with van der Waals surface area (Å²) >= 11 is 7.16. The first-order valence-electron chi connectivity index (χ1n) is 7.64. The minimum Gasteiger partial charge on any atom is -0.302 e. The summed E-state index contributed by atoms with van der Waals surface area (Å²) < 4.78 is 1.91. The van der Waals surface area contributed by atoms with Gasteiger partial charge in [0, 0.05) is 39.7 Å². The zero-order chi connectivity index (χ0) is 18.7. The number of hydrogen-bond acceptors (Lipinski definition) is 6. The molecule has 26 heavy (non-hydrogen) atoms. The fourth-order valence-electron chi connectivity index (χ4n) is 2.39. The molecule has 0 atom stereocenters. The van der Waals surface area contributed by atoms with E-state index < -0.39 is 4.92 Å². The van der Waals surface area contributed by atoms with Crippen molar-refractivity contribution in [2.45, 2.75) is 23.5 Å². The van der Waals surface area contributed by atoms with E-state index >= 15 is 0 Å². The van der Waals surface area contributed by atoms with E-state index in [-0.39, 0.29) is 11.3 Å². The number of nitro benzene ring substituents is 1. The summed E-state index contributed by atoms with van der Waals surface area (Å²) in [5.74, 6) is 0.682. The number of rotatable bonds is 6. The number of carbonyl (C=O) groups excluding carboxylic acids is 1. The Bertz CT molecular complexity index is 973. The molecule has 0 aliphatic rings. The highest BCUT2D eigenvalue weighted by molar-refractivity contribution is 7.99. The van der Waals surface area contributed by atoms with Crippen LogP contribution >= 0.6 is 23.4 Å². The van der Waals surface area contributed by atoms with Crippen LogP contribution in [0.1, 0.15) is 17.3 Å². The Balaban J connectivity index is 1.97. The quantitative estimate of drug-likeness (QED) is 0.351. The summed E-state index contributed by atoms with van der Waals surface area (Å²) in [6.45, 7) is 2.58. The number of nitro groups is 1. The van der Waals surface area contributed by atoms with Crippen LogP contribution in [-0.4, -0.2) is 26.0 Å². The fourth-order valence-corrected chi connectivity index (χ4v) is 3.49. The highest BCUT2D eigenvalue weighted by atomic mass is 35.5. The molecule has 3 rings (SSSR count). The smallest absolute Gasteiger partial charge is 0.270 e. The van der Waals surface area contributed by atoms with Gasteiger partial charge in [0.25, 0.3) is 5.69 Å². The highest BCUT2D eigenvalue weighted by Crippen LogP contribution is 2.33. The van der Waals surface area contributed by atoms with E-state index in [1.807, 2.05) is 23.6 Å². The van der Waals surface area contributed by atoms with Crippen LogP contribution in [0.15, 0.2) is 52.5 Å². The largest absolute Gasteiger partial charge is 0.302 e. The van der Waals surface area contributed by atoms with Crippen LogP contribution in [0.25, 0.3) is 11.4 Å². The summed E-state index contributed by atoms with van der Waals surface area (Å²) in [4.78, 5) is 22.2. The van der Waals surface area contributed by atoms with Gasteiger partial charge in [-0.05, 0) is 49.0 Å². The molecular formula is C17H13ClN4O3S. The third-order valence-corrected chi connectivity index (χ3v) is 5.00. The lowest BCUT2D eigenvalue weighted by atomic mass is 10.2. The first kappa shape index (κ1) is 18.1. The van der Waals surface area contributed by atoms with Crippen molar-refractivity contribution in [2.24, 2.45) is 0 Å². The standard InChI is InChI=1S/C17H13ClN4O3S/c1-2-21-16(11-3-5-13(18)6-4-11)19-20-17(21)26-15-8-7-14(22(24)25)9-12(15)10-23/h3-10H,2H2,1H3. The second-order valence-electron chi connectivity index (χ2n) is 5.26. The molecule has 2 aromatic carbocycles. The van der Waals surface area contributed by atoms with Crippen LogP contribution < -0.4 is 0 Å². The van der Waals surface area contributed by atoms with E-state index in [0.717, 1.165) is 5.56 Å². The predicted octanol–water partition coefficient (Wildman–Crippen LogP) is 4.49. The van der Waals surface area contributed by atoms with Gasteiger partial charge in [0.15, 0.2) is 17.3 Å². The minimum atomic E-state index is -0.533. The average molecular weight is 389 g/mol. The molecule has 3 aromatic rings. The Morgan fingerprint density at radius 1 is 1.23 bits per heavy atom. The first-order valence-corrected chi connectivity index (χ1v) is 8.83. The lowest BCUT2D eigenvalue weighted by molar-refractivity contribution is -0.384. The van der Waals surface area contributed by atoms with E-state index in [1.54, 1.807) is 18.2 Å². The molecule has 0 amide bonds. The van der Waals surface area contributed by atoms with Crippen LogP contribution in [0, 0.1) is 10.1 Å². The topological polar surface area (TPSA) is 90.9 Å². The Morgan fingerprint density at radius 3 is 2.58 bits per heavy atom. The number of benzene rings is 2. The fraction of sp³-hybridized carbons (Fsp3) is 0.118. The molecule has 0 radical (unpaired) electrons. The summed E-state index contributed by atoms with van der Waals surface area (Å²) in [7, 11) is 0. The number of aromatic nitrogens is 3. The lowest BCUT2D eigenvalue weighted by Gasteiger charge is -2.08. The molecule has 0 saturated heterocycles. The first-order chi connectivity index (χ1) is 12.5. The van der Waals surface area contributed by atoms with Crippen molar-refractivity contribution in [2.75, 3.05) is 0 Å². The number of halogens is 1. The maximum absolute atomic E-state index is 11.3. The van der Waals surface area contributed by atoms with E-state index in [4.69, 9.17) is 11.6 Å². The van der Waals surface area contributed by atoms with Crippen LogP contribution in [0.3, 0.4) is 0 Å². The minimum absolute atomic E-state index is 0.129. The third kappa shape index (κ3) is 3.61. The molecule has 0 unspecified atom stereocenters.